The molecule has 1 aliphatic rings. The minimum absolute atomic E-state index is 0.00822. The van der Waals surface area contributed by atoms with Crippen molar-refractivity contribution in [3.8, 4) is 0 Å². The van der Waals surface area contributed by atoms with E-state index >= 15 is 0 Å². The fourth-order valence-corrected chi connectivity index (χ4v) is 3.41. The van der Waals surface area contributed by atoms with Crippen LogP contribution in [0.25, 0.3) is 0 Å². The number of ether oxygens (including phenoxy) is 2. The summed E-state index contributed by atoms with van der Waals surface area (Å²) in [6.07, 6.45) is 1.88. The molecule has 1 N–H and O–H groups in total. The average Bonchev–Trinajstić information content (AvgIpc) is 2.72. The molecule has 6 nitrogen and oxygen atoms in total. The van der Waals surface area contributed by atoms with Gasteiger partial charge in [-0.1, -0.05) is 13.8 Å². The first-order valence-electron chi connectivity index (χ1n) is 10.7. The lowest BCUT2D eigenvalue weighted by Crippen LogP contribution is -2.41. The van der Waals surface area contributed by atoms with Crippen molar-refractivity contribution in [1.82, 2.24) is 5.32 Å². The van der Waals surface area contributed by atoms with E-state index in [0.717, 1.165) is 37.2 Å². The number of carbonyl (C=O) groups is 2. The molecule has 0 spiro atoms. The van der Waals surface area contributed by atoms with Gasteiger partial charge in [0.15, 0.2) is 5.78 Å². The maximum Gasteiger partial charge on any atom is 0.223 e. The smallest absolute Gasteiger partial charge is 0.223 e. The van der Waals surface area contributed by atoms with Crippen LogP contribution in [0.5, 0.6) is 0 Å². The quantitative estimate of drug-likeness (QED) is 0.453. The summed E-state index contributed by atoms with van der Waals surface area (Å²) in [7, 11) is 0. The van der Waals surface area contributed by atoms with E-state index in [1.807, 2.05) is 52.0 Å². The second-order valence-corrected chi connectivity index (χ2v) is 8.15. The Labute approximate surface area is 174 Å². The number of nitrogens with one attached hydrogen (secondary N) is 1. The summed E-state index contributed by atoms with van der Waals surface area (Å²) in [5, 5.41) is 2.98. The predicted octanol–water partition coefficient (Wildman–Crippen LogP) is 3.30. The molecule has 1 aromatic rings. The first kappa shape index (κ1) is 23.4. The van der Waals surface area contributed by atoms with Crippen LogP contribution in [0.1, 0.15) is 50.9 Å². The zero-order valence-corrected chi connectivity index (χ0v) is 18.3. The molecule has 162 valence electrons. The Balaban J connectivity index is 1.66. The molecule has 1 saturated heterocycles. The number of hydrogen-bond acceptors (Lipinski definition) is 5. The van der Waals surface area contributed by atoms with Crippen LogP contribution in [0.3, 0.4) is 0 Å². The summed E-state index contributed by atoms with van der Waals surface area (Å²) < 4.78 is 10.9. The van der Waals surface area contributed by atoms with Gasteiger partial charge in [-0.25, -0.2) is 0 Å². The van der Waals surface area contributed by atoms with E-state index in [1.54, 1.807) is 0 Å². The molecule has 1 fully saturated rings. The third-order valence-corrected chi connectivity index (χ3v) is 5.13. The Bertz CT molecular complexity index is 635. The van der Waals surface area contributed by atoms with E-state index in [1.165, 1.54) is 0 Å². The second kappa shape index (κ2) is 11.9. The second-order valence-electron chi connectivity index (χ2n) is 8.15. The van der Waals surface area contributed by atoms with Gasteiger partial charge in [-0.05, 0) is 51.0 Å². The lowest BCUT2D eigenvalue weighted by atomic mass is 9.95. The van der Waals surface area contributed by atoms with Crippen LogP contribution in [0.4, 0.5) is 5.69 Å². The van der Waals surface area contributed by atoms with E-state index in [4.69, 9.17) is 9.47 Å². The number of carbonyl (C=O) groups excluding carboxylic acids is 2. The SMILES string of the molecule is CC(C)OCCOCCNC(=O)C1CCN(c2ccc(C(=O)C(C)C)cc2)CC1. The van der Waals surface area contributed by atoms with Gasteiger partial charge in [0, 0.05) is 42.7 Å². The number of piperidine rings is 1. The number of anilines is 1. The molecule has 0 atom stereocenters. The highest BCUT2D eigenvalue weighted by molar-refractivity contribution is 5.97. The molecule has 1 heterocycles. The van der Waals surface area contributed by atoms with E-state index < -0.39 is 0 Å². The fraction of sp³-hybridized carbons (Fsp3) is 0.652. The van der Waals surface area contributed by atoms with Crippen molar-refractivity contribution in [2.24, 2.45) is 11.8 Å². The fourth-order valence-electron chi connectivity index (χ4n) is 3.41. The summed E-state index contributed by atoms with van der Waals surface area (Å²) in [6, 6.07) is 7.83. The van der Waals surface area contributed by atoms with Gasteiger partial charge >= 0.3 is 0 Å². The van der Waals surface area contributed by atoms with Crippen molar-refractivity contribution >= 4 is 17.4 Å². The first-order chi connectivity index (χ1) is 13.9. The third-order valence-electron chi connectivity index (χ3n) is 5.13. The monoisotopic (exact) mass is 404 g/mol. The zero-order chi connectivity index (χ0) is 21.2. The van der Waals surface area contributed by atoms with Crippen LogP contribution in [0.2, 0.25) is 0 Å². The summed E-state index contributed by atoms with van der Waals surface area (Å²) in [5.74, 6) is 0.346. The van der Waals surface area contributed by atoms with E-state index in [-0.39, 0.29) is 29.6 Å². The molecule has 1 aliphatic heterocycles. The van der Waals surface area contributed by atoms with Gasteiger partial charge in [0.2, 0.25) is 5.91 Å². The lowest BCUT2D eigenvalue weighted by Gasteiger charge is -2.33. The van der Waals surface area contributed by atoms with Gasteiger partial charge in [0.1, 0.15) is 0 Å². The van der Waals surface area contributed by atoms with E-state index in [2.05, 4.69) is 10.2 Å². The molecule has 2 rings (SSSR count). The molecule has 1 aromatic carbocycles. The zero-order valence-electron chi connectivity index (χ0n) is 18.3. The molecule has 0 unspecified atom stereocenters. The molecule has 0 aliphatic carbocycles. The number of amides is 1. The van der Waals surface area contributed by atoms with Gasteiger partial charge in [-0.2, -0.15) is 0 Å². The molecule has 1 amide bonds. The van der Waals surface area contributed by atoms with Crippen molar-refractivity contribution in [2.45, 2.75) is 46.6 Å². The lowest BCUT2D eigenvalue weighted by molar-refractivity contribution is -0.125. The maximum atomic E-state index is 12.4. The van der Waals surface area contributed by atoms with Crippen molar-refractivity contribution in [3.63, 3.8) is 0 Å². The van der Waals surface area contributed by atoms with Crippen LogP contribution >= 0.6 is 0 Å². The maximum absolute atomic E-state index is 12.4. The molecule has 6 heteroatoms. The molecule has 0 radical (unpaired) electrons. The van der Waals surface area contributed by atoms with Crippen LogP contribution in [-0.2, 0) is 14.3 Å². The predicted molar refractivity (Wildman–Crippen MR) is 115 cm³/mol. The van der Waals surface area contributed by atoms with Crippen LogP contribution in [0.15, 0.2) is 24.3 Å². The third kappa shape index (κ3) is 7.78. The van der Waals surface area contributed by atoms with E-state index in [0.29, 0.717) is 26.4 Å². The molecular formula is C23H36N2O4. The Morgan fingerprint density at radius 2 is 1.69 bits per heavy atom. The minimum Gasteiger partial charge on any atom is -0.377 e. The molecular weight excluding hydrogens is 368 g/mol. The first-order valence-corrected chi connectivity index (χ1v) is 10.7. The van der Waals surface area contributed by atoms with Crippen LogP contribution < -0.4 is 10.2 Å². The number of ketones is 1. The van der Waals surface area contributed by atoms with Crippen molar-refractivity contribution < 1.29 is 19.1 Å². The highest BCUT2D eigenvalue weighted by Gasteiger charge is 2.25. The molecule has 0 bridgehead atoms. The van der Waals surface area contributed by atoms with Gasteiger partial charge in [-0.3, -0.25) is 9.59 Å². The number of rotatable bonds is 11. The summed E-state index contributed by atoms with van der Waals surface area (Å²) in [5.41, 5.74) is 1.87. The largest absolute Gasteiger partial charge is 0.377 e. The summed E-state index contributed by atoms with van der Waals surface area (Å²) in [4.78, 5) is 26.7. The number of hydrogen-bond donors (Lipinski definition) is 1. The van der Waals surface area contributed by atoms with Crippen LogP contribution in [0, 0.1) is 11.8 Å². The summed E-state index contributed by atoms with van der Waals surface area (Å²) >= 11 is 0. The Morgan fingerprint density at radius 1 is 1.03 bits per heavy atom. The Kier molecular flexibility index (Phi) is 9.61. The normalized spacial score (nSPS) is 15.2. The molecule has 0 aromatic heterocycles. The number of nitrogens with zero attached hydrogens (tertiary/aromatic N) is 1. The average molecular weight is 405 g/mol. The highest BCUT2D eigenvalue weighted by atomic mass is 16.5. The van der Waals surface area contributed by atoms with Crippen LogP contribution in [-0.4, -0.2) is 57.2 Å². The number of benzene rings is 1. The van der Waals surface area contributed by atoms with Gasteiger partial charge < -0.3 is 19.7 Å². The van der Waals surface area contributed by atoms with Crippen molar-refractivity contribution in [3.05, 3.63) is 29.8 Å². The van der Waals surface area contributed by atoms with Gasteiger partial charge in [0.25, 0.3) is 0 Å². The standard InChI is InChI=1S/C23H36N2O4/c1-17(2)22(26)19-5-7-21(8-6-19)25-12-9-20(10-13-25)23(27)24-11-14-28-15-16-29-18(3)4/h5-8,17-18,20H,9-16H2,1-4H3,(H,24,27). The topological polar surface area (TPSA) is 67.9 Å². The minimum atomic E-state index is 0.00822. The van der Waals surface area contributed by atoms with Gasteiger partial charge in [-0.15, -0.1) is 0 Å². The van der Waals surface area contributed by atoms with Gasteiger partial charge in [0.05, 0.1) is 25.9 Å². The Hall–Kier alpha value is -1.92. The van der Waals surface area contributed by atoms with Crippen molar-refractivity contribution in [2.75, 3.05) is 44.4 Å². The number of Topliss-reactive ketones (excluding diaryl/α,β-unsaturated/α-hetero) is 1. The van der Waals surface area contributed by atoms with Crippen molar-refractivity contribution in [1.29, 1.82) is 0 Å². The Morgan fingerprint density at radius 3 is 2.28 bits per heavy atom. The van der Waals surface area contributed by atoms with E-state index in [9.17, 15) is 9.59 Å². The summed E-state index contributed by atoms with van der Waals surface area (Å²) in [6.45, 7) is 11.7. The molecule has 29 heavy (non-hydrogen) atoms. The highest BCUT2D eigenvalue weighted by Crippen LogP contribution is 2.24. The molecule has 0 saturated carbocycles.